The number of benzene rings is 2. The summed E-state index contributed by atoms with van der Waals surface area (Å²) in [6, 6.07) is 15.1. The third-order valence-corrected chi connectivity index (χ3v) is 6.15. The zero-order chi connectivity index (χ0) is 20.9. The molecule has 30 heavy (non-hydrogen) atoms. The molecule has 0 N–H and O–H groups in total. The highest BCUT2D eigenvalue weighted by molar-refractivity contribution is 6.30. The molecule has 0 radical (unpaired) electrons. The van der Waals surface area contributed by atoms with Crippen molar-refractivity contribution in [3.63, 3.8) is 0 Å². The molecule has 6 heteroatoms. The van der Waals surface area contributed by atoms with Gasteiger partial charge in [-0.15, -0.1) is 0 Å². The molecule has 3 amide bonds. The van der Waals surface area contributed by atoms with Gasteiger partial charge in [0.25, 0.3) is 5.91 Å². The maximum Gasteiger partial charge on any atom is 0.324 e. The lowest BCUT2D eigenvalue weighted by atomic mass is 10.1. The van der Waals surface area contributed by atoms with E-state index in [9.17, 15) is 9.59 Å². The molecule has 2 aromatic rings. The van der Waals surface area contributed by atoms with Crippen LogP contribution in [0.2, 0.25) is 5.02 Å². The molecule has 2 fully saturated rings. The van der Waals surface area contributed by atoms with Crippen LogP contribution in [-0.4, -0.2) is 47.9 Å². The molecule has 5 nitrogen and oxygen atoms in total. The molecule has 0 atom stereocenters. The van der Waals surface area contributed by atoms with E-state index in [2.05, 4.69) is 0 Å². The highest BCUT2D eigenvalue weighted by Gasteiger charge is 2.27. The number of anilines is 1. The second-order valence-corrected chi connectivity index (χ2v) is 8.53. The molecule has 2 heterocycles. The maximum atomic E-state index is 13.2. The first-order valence-electron chi connectivity index (χ1n) is 10.8. The van der Waals surface area contributed by atoms with Gasteiger partial charge >= 0.3 is 6.03 Å². The van der Waals surface area contributed by atoms with E-state index in [1.165, 1.54) is 12.8 Å². The Morgan fingerprint density at radius 2 is 1.60 bits per heavy atom. The van der Waals surface area contributed by atoms with Crippen molar-refractivity contribution in [2.45, 2.75) is 38.6 Å². The molecular formula is C24H28ClN3O2. The number of hydrogen-bond acceptors (Lipinski definition) is 2. The molecule has 2 aliphatic heterocycles. The SMILES string of the molecule is O=C(c1cccc(N2CCCN(Cc3ccc(Cl)cc3)C2=O)c1)N1CCCCCC1. The van der Waals surface area contributed by atoms with Crippen molar-refractivity contribution in [2.75, 3.05) is 31.1 Å². The molecule has 158 valence electrons. The topological polar surface area (TPSA) is 43.9 Å². The van der Waals surface area contributed by atoms with Crippen LogP contribution >= 0.6 is 11.6 Å². The fourth-order valence-electron chi connectivity index (χ4n) is 4.24. The van der Waals surface area contributed by atoms with Crippen LogP contribution in [0.3, 0.4) is 0 Å². The van der Waals surface area contributed by atoms with E-state index >= 15 is 0 Å². The van der Waals surface area contributed by atoms with Gasteiger partial charge in [-0.25, -0.2) is 4.79 Å². The van der Waals surface area contributed by atoms with Gasteiger partial charge in [-0.3, -0.25) is 9.69 Å². The summed E-state index contributed by atoms with van der Waals surface area (Å²) in [5, 5.41) is 0.691. The zero-order valence-electron chi connectivity index (χ0n) is 17.2. The first-order chi connectivity index (χ1) is 14.6. The number of nitrogens with zero attached hydrogens (tertiary/aromatic N) is 3. The second-order valence-electron chi connectivity index (χ2n) is 8.09. The number of halogens is 1. The summed E-state index contributed by atoms with van der Waals surface area (Å²) in [6.07, 6.45) is 5.40. The minimum absolute atomic E-state index is 0.0180. The fourth-order valence-corrected chi connectivity index (χ4v) is 4.37. The van der Waals surface area contributed by atoms with Gasteiger partial charge in [0.15, 0.2) is 0 Å². The Morgan fingerprint density at radius 3 is 2.33 bits per heavy atom. The number of carbonyl (C=O) groups excluding carboxylic acids is 2. The normalized spacial score (nSPS) is 17.8. The Bertz CT molecular complexity index is 892. The third-order valence-electron chi connectivity index (χ3n) is 5.90. The van der Waals surface area contributed by atoms with Crippen LogP contribution in [0.15, 0.2) is 48.5 Å². The van der Waals surface area contributed by atoms with Crippen LogP contribution in [0.25, 0.3) is 0 Å². The van der Waals surface area contributed by atoms with Gasteiger partial charge in [0.2, 0.25) is 0 Å². The fraction of sp³-hybridized carbons (Fsp3) is 0.417. The number of rotatable bonds is 4. The van der Waals surface area contributed by atoms with E-state index in [0.29, 0.717) is 23.7 Å². The minimum atomic E-state index is -0.0180. The van der Waals surface area contributed by atoms with Crippen LogP contribution in [0.1, 0.15) is 48.0 Å². The van der Waals surface area contributed by atoms with E-state index in [4.69, 9.17) is 11.6 Å². The predicted molar refractivity (Wildman–Crippen MR) is 120 cm³/mol. The first kappa shape index (κ1) is 20.7. The highest BCUT2D eigenvalue weighted by atomic mass is 35.5. The molecule has 0 aromatic heterocycles. The number of likely N-dealkylation sites (tertiary alicyclic amines) is 1. The monoisotopic (exact) mass is 425 g/mol. The van der Waals surface area contributed by atoms with E-state index in [0.717, 1.165) is 50.1 Å². The summed E-state index contributed by atoms with van der Waals surface area (Å²) in [4.78, 5) is 31.8. The smallest absolute Gasteiger partial charge is 0.324 e. The van der Waals surface area contributed by atoms with Gasteiger partial charge < -0.3 is 9.80 Å². The molecule has 0 bridgehead atoms. The molecule has 0 saturated carbocycles. The Morgan fingerprint density at radius 1 is 0.867 bits per heavy atom. The van der Waals surface area contributed by atoms with Crippen molar-refractivity contribution < 1.29 is 9.59 Å². The van der Waals surface area contributed by atoms with Gasteiger partial charge in [-0.1, -0.05) is 42.6 Å². The van der Waals surface area contributed by atoms with Crippen LogP contribution in [-0.2, 0) is 6.54 Å². The largest absolute Gasteiger partial charge is 0.339 e. The third kappa shape index (κ3) is 4.78. The van der Waals surface area contributed by atoms with Gasteiger partial charge in [-0.2, -0.15) is 0 Å². The van der Waals surface area contributed by atoms with Crippen LogP contribution in [0.5, 0.6) is 0 Å². The molecular weight excluding hydrogens is 398 g/mol. The zero-order valence-corrected chi connectivity index (χ0v) is 18.0. The van der Waals surface area contributed by atoms with Gasteiger partial charge in [-0.05, 0) is 55.2 Å². The Labute approximate surface area is 183 Å². The summed E-state index contributed by atoms with van der Waals surface area (Å²) in [5.74, 6) is 0.0706. The van der Waals surface area contributed by atoms with Crippen LogP contribution < -0.4 is 4.90 Å². The molecule has 2 aliphatic rings. The summed E-state index contributed by atoms with van der Waals surface area (Å²) >= 11 is 5.97. The second kappa shape index (κ2) is 9.52. The highest BCUT2D eigenvalue weighted by Crippen LogP contribution is 2.24. The van der Waals surface area contributed by atoms with E-state index < -0.39 is 0 Å². The molecule has 0 unspecified atom stereocenters. The van der Waals surface area contributed by atoms with Crippen LogP contribution in [0.4, 0.5) is 10.5 Å². The predicted octanol–water partition coefficient (Wildman–Crippen LogP) is 5.19. The maximum absolute atomic E-state index is 13.2. The number of carbonyl (C=O) groups is 2. The molecule has 0 spiro atoms. The lowest BCUT2D eigenvalue weighted by Crippen LogP contribution is -2.49. The number of urea groups is 1. The lowest BCUT2D eigenvalue weighted by molar-refractivity contribution is 0.0761. The van der Waals surface area contributed by atoms with Crippen molar-refractivity contribution in [3.05, 3.63) is 64.7 Å². The Balaban J connectivity index is 1.48. The first-order valence-corrected chi connectivity index (χ1v) is 11.2. The molecule has 4 rings (SSSR count). The summed E-state index contributed by atoms with van der Waals surface area (Å²) in [6.45, 7) is 3.59. The number of amides is 3. The van der Waals surface area contributed by atoms with Gasteiger partial charge in [0.05, 0.1) is 0 Å². The Kier molecular flexibility index (Phi) is 6.58. The molecule has 2 aromatic carbocycles. The Hall–Kier alpha value is -2.53. The van der Waals surface area contributed by atoms with Crippen LogP contribution in [0, 0.1) is 0 Å². The van der Waals surface area contributed by atoms with E-state index in [1.807, 2.05) is 58.3 Å². The summed E-state index contributed by atoms with van der Waals surface area (Å²) in [7, 11) is 0. The van der Waals surface area contributed by atoms with Crippen molar-refractivity contribution in [3.8, 4) is 0 Å². The average molecular weight is 426 g/mol. The average Bonchev–Trinajstić information content (AvgIpc) is 3.06. The molecule has 0 aliphatic carbocycles. The van der Waals surface area contributed by atoms with Crippen molar-refractivity contribution in [2.24, 2.45) is 0 Å². The van der Waals surface area contributed by atoms with E-state index in [-0.39, 0.29) is 11.9 Å². The van der Waals surface area contributed by atoms with Gasteiger partial charge in [0.1, 0.15) is 0 Å². The number of hydrogen-bond donors (Lipinski definition) is 0. The van der Waals surface area contributed by atoms with Gasteiger partial charge in [0, 0.05) is 49.0 Å². The quantitative estimate of drug-likeness (QED) is 0.676. The minimum Gasteiger partial charge on any atom is -0.339 e. The van der Waals surface area contributed by atoms with Crippen molar-refractivity contribution in [1.82, 2.24) is 9.80 Å². The molecule has 2 saturated heterocycles. The van der Waals surface area contributed by atoms with Crippen molar-refractivity contribution >= 4 is 29.2 Å². The standard InChI is InChI=1S/C24H28ClN3O2/c25-21-11-9-19(10-12-21)18-27-15-6-16-28(24(27)30)22-8-5-7-20(17-22)23(29)26-13-3-1-2-4-14-26/h5,7-12,17H,1-4,6,13-16,18H2. The van der Waals surface area contributed by atoms with E-state index in [1.54, 1.807) is 4.90 Å². The summed E-state index contributed by atoms with van der Waals surface area (Å²) < 4.78 is 0. The lowest BCUT2D eigenvalue weighted by Gasteiger charge is -2.36. The summed E-state index contributed by atoms with van der Waals surface area (Å²) in [5.41, 5.74) is 2.51. The van der Waals surface area contributed by atoms with Crippen molar-refractivity contribution in [1.29, 1.82) is 0 Å².